The van der Waals surface area contributed by atoms with Crippen molar-refractivity contribution < 1.29 is 34.3 Å². The summed E-state index contributed by atoms with van der Waals surface area (Å²) in [7, 11) is 0. The molecule has 9 N–H and O–H groups in total. The van der Waals surface area contributed by atoms with Crippen molar-refractivity contribution in [3.8, 4) is 0 Å². The molecule has 4 unspecified atom stereocenters. The third-order valence-electron chi connectivity index (χ3n) is 3.04. The zero-order chi connectivity index (χ0) is 21.6. The molecule has 0 aliphatic heterocycles. The quantitative estimate of drug-likeness (QED) is 0.281. The van der Waals surface area contributed by atoms with E-state index in [1.54, 1.807) is 27.7 Å². The molecule has 10 nitrogen and oxygen atoms in total. The lowest BCUT2D eigenvalue weighted by molar-refractivity contribution is -0.140. The third-order valence-corrected chi connectivity index (χ3v) is 3.85. The van der Waals surface area contributed by atoms with E-state index in [9.17, 15) is 18.9 Å². The predicted molar refractivity (Wildman–Crippen MR) is 100 cm³/mol. The monoisotopic (exact) mass is 399 g/mol. The number of carboxylic acids is 3. The molecule has 0 heterocycles. The first kappa shape index (κ1) is 29.4. The van der Waals surface area contributed by atoms with E-state index in [-0.39, 0.29) is 18.3 Å². The number of nitrogens with two attached hydrogens (primary N) is 3. The molecule has 11 heteroatoms. The van der Waals surface area contributed by atoms with Crippen LogP contribution in [-0.4, -0.2) is 67.9 Å². The Kier molecular flexibility index (Phi) is 17.9. The van der Waals surface area contributed by atoms with Gasteiger partial charge in [-0.15, -0.1) is 0 Å². The summed E-state index contributed by atoms with van der Waals surface area (Å²) in [4.78, 5) is 30.1. The molecule has 0 radical (unpaired) electrons. The van der Waals surface area contributed by atoms with Gasteiger partial charge in [-0.25, -0.2) is 0 Å². The molecular weight excluding hydrogens is 366 g/mol. The lowest BCUT2D eigenvalue weighted by Crippen LogP contribution is -2.34. The molecule has 0 bridgehead atoms. The van der Waals surface area contributed by atoms with Gasteiger partial charge in [-0.2, -0.15) is 0 Å². The number of hydrogen-bond acceptors (Lipinski definition) is 7. The maximum atomic E-state index is 10.4. The second kappa shape index (κ2) is 15.8. The molecule has 26 heavy (non-hydrogen) atoms. The SMILES string of the molecule is CC(C)C(N)C(=O)O.CC(C)C(N)C(=O)O.C[S+]([O-])CCC(N)C(=O)O. The maximum Gasteiger partial charge on any atom is 0.320 e. The second-order valence-electron chi connectivity index (χ2n) is 6.23. The van der Waals surface area contributed by atoms with Crippen LogP contribution >= 0.6 is 0 Å². The van der Waals surface area contributed by atoms with Crippen molar-refractivity contribution in [3.05, 3.63) is 0 Å². The summed E-state index contributed by atoms with van der Waals surface area (Å²) in [5.41, 5.74) is 15.5. The number of hydrogen-bond donors (Lipinski definition) is 6. The van der Waals surface area contributed by atoms with Crippen LogP contribution in [0.2, 0.25) is 0 Å². The van der Waals surface area contributed by atoms with Crippen molar-refractivity contribution >= 4 is 29.1 Å². The Morgan fingerprint density at radius 2 is 1.15 bits per heavy atom. The van der Waals surface area contributed by atoms with Gasteiger partial charge in [0, 0.05) is 6.42 Å². The van der Waals surface area contributed by atoms with Gasteiger partial charge in [0.15, 0.2) is 0 Å². The van der Waals surface area contributed by atoms with Gasteiger partial charge >= 0.3 is 17.9 Å². The summed E-state index contributed by atoms with van der Waals surface area (Å²) in [5, 5.41) is 24.7. The first-order valence-corrected chi connectivity index (χ1v) is 9.62. The fourth-order valence-electron chi connectivity index (χ4n) is 0.987. The largest absolute Gasteiger partial charge is 0.617 e. The van der Waals surface area contributed by atoms with Gasteiger partial charge in [-0.05, 0) is 11.8 Å². The van der Waals surface area contributed by atoms with Crippen molar-refractivity contribution in [3.63, 3.8) is 0 Å². The highest BCUT2D eigenvalue weighted by molar-refractivity contribution is 7.90. The minimum absolute atomic E-state index is 0.0208. The highest BCUT2D eigenvalue weighted by atomic mass is 32.2. The van der Waals surface area contributed by atoms with Gasteiger partial charge in [0.1, 0.15) is 23.9 Å². The number of rotatable bonds is 8. The van der Waals surface area contributed by atoms with Crippen molar-refractivity contribution in [2.24, 2.45) is 29.0 Å². The number of aliphatic carboxylic acids is 3. The van der Waals surface area contributed by atoms with E-state index in [4.69, 9.17) is 32.5 Å². The summed E-state index contributed by atoms with van der Waals surface area (Å²) in [6, 6.07) is -2.30. The van der Waals surface area contributed by atoms with Gasteiger partial charge in [0.2, 0.25) is 0 Å². The molecular formula is C15H33N3O7S. The minimum atomic E-state index is -1.04. The van der Waals surface area contributed by atoms with E-state index in [0.717, 1.165) is 0 Å². The summed E-state index contributed by atoms with van der Waals surface area (Å²) in [5.74, 6) is -2.50. The van der Waals surface area contributed by atoms with Crippen LogP contribution in [0.4, 0.5) is 0 Å². The smallest absolute Gasteiger partial charge is 0.320 e. The maximum absolute atomic E-state index is 10.4. The average Bonchev–Trinajstić information content (AvgIpc) is 2.51. The van der Waals surface area contributed by atoms with Crippen LogP contribution in [-0.2, 0) is 25.6 Å². The Morgan fingerprint density at radius 3 is 1.27 bits per heavy atom. The Bertz CT molecular complexity index is 396. The molecule has 0 spiro atoms. The first-order valence-electron chi connectivity index (χ1n) is 7.90. The third kappa shape index (κ3) is 18.9. The highest BCUT2D eigenvalue weighted by Crippen LogP contribution is 1.97. The average molecular weight is 400 g/mol. The fourth-order valence-corrected chi connectivity index (χ4v) is 1.57. The molecule has 0 saturated heterocycles. The predicted octanol–water partition coefficient (Wildman–Crippen LogP) is -0.724. The molecule has 0 rings (SSSR count). The van der Waals surface area contributed by atoms with E-state index in [1.807, 2.05) is 0 Å². The highest BCUT2D eigenvalue weighted by Gasteiger charge is 2.15. The summed E-state index contributed by atoms with van der Waals surface area (Å²) in [6.07, 6.45) is 1.80. The van der Waals surface area contributed by atoms with Crippen molar-refractivity contribution in [2.45, 2.75) is 52.2 Å². The first-order chi connectivity index (χ1) is 11.6. The van der Waals surface area contributed by atoms with Gasteiger partial charge in [0.25, 0.3) is 0 Å². The molecule has 0 saturated carbocycles. The zero-order valence-electron chi connectivity index (χ0n) is 15.9. The van der Waals surface area contributed by atoms with Crippen molar-refractivity contribution in [1.29, 1.82) is 0 Å². The van der Waals surface area contributed by atoms with E-state index in [1.165, 1.54) is 6.26 Å². The molecule has 0 amide bonds. The number of carboxylic acid groups (broad SMARTS) is 3. The lowest BCUT2D eigenvalue weighted by Gasteiger charge is -2.07. The van der Waals surface area contributed by atoms with E-state index >= 15 is 0 Å². The van der Waals surface area contributed by atoms with Crippen LogP contribution in [0, 0.1) is 11.8 Å². The molecule has 0 fully saturated rings. The Balaban J connectivity index is -0.000000308. The molecule has 0 aromatic carbocycles. The van der Waals surface area contributed by atoms with E-state index in [0.29, 0.717) is 5.75 Å². The molecule has 0 aromatic heterocycles. The topological polar surface area (TPSA) is 213 Å². The van der Waals surface area contributed by atoms with Crippen LogP contribution in [0.15, 0.2) is 0 Å². The van der Waals surface area contributed by atoms with Crippen LogP contribution < -0.4 is 17.2 Å². The molecule has 156 valence electrons. The van der Waals surface area contributed by atoms with Crippen LogP contribution in [0.25, 0.3) is 0 Å². The van der Waals surface area contributed by atoms with Gasteiger partial charge < -0.3 is 37.1 Å². The van der Waals surface area contributed by atoms with Gasteiger partial charge in [-0.1, -0.05) is 38.9 Å². The normalized spacial score (nSPS) is 14.9. The van der Waals surface area contributed by atoms with Crippen LogP contribution in [0.5, 0.6) is 0 Å². The summed E-state index contributed by atoms with van der Waals surface area (Å²) >= 11 is -0.946. The van der Waals surface area contributed by atoms with Gasteiger partial charge in [-0.3, -0.25) is 14.4 Å². The molecule has 0 aliphatic rings. The lowest BCUT2D eigenvalue weighted by atomic mass is 10.1. The molecule has 0 aliphatic carbocycles. The summed E-state index contributed by atoms with van der Waals surface area (Å²) in [6.45, 7) is 7.11. The van der Waals surface area contributed by atoms with Crippen LogP contribution in [0.1, 0.15) is 34.1 Å². The Morgan fingerprint density at radius 1 is 0.846 bits per heavy atom. The number of carbonyl (C=O) groups is 3. The van der Waals surface area contributed by atoms with E-state index in [2.05, 4.69) is 0 Å². The molecule has 0 aromatic rings. The minimum Gasteiger partial charge on any atom is -0.617 e. The van der Waals surface area contributed by atoms with Crippen molar-refractivity contribution in [1.82, 2.24) is 0 Å². The van der Waals surface area contributed by atoms with E-state index < -0.39 is 47.2 Å². The second-order valence-corrected chi connectivity index (χ2v) is 7.78. The Hall–Kier alpha value is -1.40. The standard InChI is InChI=1S/C5H11NO3S.2C5H11NO2/c1-10(9)3-2-4(6)5(7)8;2*1-3(2)4(6)5(7)8/h4H,2-3,6H2,1H3,(H,7,8);2*3-4H,6H2,1-2H3,(H,7,8). The van der Waals surface area contributed by atoms with Crippen LogP contribution in [0.3, 0.4) is 0 Å². The zero-order valence-corrected chi connectivity index (χ0v) is 16.7. The molecule has 4 atom stereocenters. The Labute approximate surface area is 157 Å². The van der Waals surface area contributed by atoms with Gasteiger partial charge in [0.05, 0.1) is 6.26 Å². The fraction of sp³-hybridized carbons (Fsp3) is 0.800. The summed E-state index contributed by atoms with van der Waals surface area (Å²) < 4.78 is 10.4. The van der Waals surface area contributed by atoms with Crippen molar-refractivity contribution in [2.75, 3.05) is 12.0 Å².